The van der Waals surface area contributed by atoms with Gasteiger partial charge in [-0.2, -0.15) is 0 Å². The Labute approximate surface area is 70.7 Å². The summed E-state index contributed by atoms with van der Waals surface area (Å²) < 4.78 is 0. The van der Waals surface area contributed by atoms with Crippen molar-refractivity contribution >= 4 is 0 Å². The molecule has 0 saturated heterocycles. The summed E-state index contributed by atoms with van der Waals surface area (Å²) >= 11 is 0. The van der Waals surface area contributed by atoms with E-state index in [0.29, 0.717) is 5.92 Å². The first-order valence-electron chi connectivity index (χ1n) is 4.67. The van der Waals surface area contributed by atoms with Gasteiger partial charge >= 0.3 is 0 Å². The zero-order valence-corrected chi connectivity index (χ0v) is 7.68. The Morgan fingerprint density at radius 1 is 1.36 bits per heavy atom. The first kappa shape index (κ1) is 10.7. The van der Waals surface area contributed by atoms with Crippen LogP contribution in [0.25, 0.3) is 0 Å². The van der Waals surface area contributed by atoms with E-state index >= 15 is 0 Å². The summed E-state index contributed by atoms with van der Waals surface area (Å²) in [5.74, 6) is 0.548. The molecule has 0 spiro atoms. The number of hydrogen-bond acceptors (Lipinski definition) is 1. The van der Waals surface area contributed by atoms with E-state index in [1.54, 1.807) is 0 Å². The molecule has 0 aromatic rings. The van der Waals surface area contributed by atoms with Crippen LogP contribution in [0.3, 0.4) is 0 Å². The smallest absolute Gasteiger partial charge is 0.00143 e. The molecule has 0 aliphatic heterocycles. The molecule has 66 valence electrons. The average Bonchev–Trinajstić information content (AvgIpc) is 2.05. The highest BCUT2D eigenvalue weighted by Crippen LogP contribution is 2.10. The predicted molar refractivity (Wildman–Crippen MR) is 51.5 cm³/mol. The van der Waals surface area contributed by atoms with Gasteiger partial charge in [0.2, 0.25) is 0 Å². The van der Waals surface area contributed by atoms with Crippen molar-refractivity contribution in [3.63, 3.8) is 0 Å². The van der Waals surface area contributed by atoms with E-state index in [2.05, 4.69) is 13.5 Å². The fourth-order valence-electron chi connectivity index (χ4n) is 1.17. The van der Waals surface area contributed by atoms with E-state index < -0.39 is 0 Å². The first-order valence-corrected chi connectivity index (χ1v) is 4.67. The van der Waals surface area contributed by atoms with E-state index in [9.17, 15) is 0 Å². The van der Waals surface area contributed by atoms with Gasteiger partial charge in [-0.3, -0.25) is 0 Å². The summed E-state index contributed by atoms with van der Waals surface area (Å²) in [6.45, 7) is 6.74. The van der Waals surface area contributed by atoms with Crippen molar-refractivity contribution in [2.75, 3.05) is 6.54 Å². The van der Waals surface area contributed by atoms with Crippen molar-refractivity contribution < 1.29 is 0 Å². The molecule has 0 aliphatic carbocycles. The van der Waals surface area contributed by atoms with Crippen LogP contribution in [0.4, 0.5) is 0 Å². The van der Waals surface area contributed by atoms with E-state index in [4.69, 9.17) is 5.73 Å². The highest BCUT2D eigenvalue weighted by atomic mass is 14.5. The molecular weight excluding hydrogens is 134 g/mol. The summed E-state index contributed by atoms with van der Waals surface area (Å²) in [6, 6.07) is 0. The van der Waals surface area contributed by atoms with Gasteiger partial charge in [0, 0.05) is 0 Å². The summed E-state index contributed by atoms with van der Waals surface area (Å²) in [4.78, 5) is 0. The van der Waals surface area contributed by atoms with Gasteiger partial charge in [0.15, 0.2) is 0 Å². The van der Waals surface area contributed by atoms with Crippen molar-refractivity contribution in [3.05, 3.63) is 12.7 Å². The molecule has 0 saturated carbocycles. The Morgan fingerprint density at radius 3 is 2.55 bits per heavy atom. The largest absolute Gasteiger partial charge is 0.330 e. The summed E-state index contributed by atoms with van der Waals surface area (Å²) in [5.41, 5.74) is 5.53. The molecule has 0 rings (SSSR count). The maximum absolute atomic E-state index is 5.53. The third-order valence-corrected chi connectivity index (χ3v) is 2.06. The number of unbranched alkanes of at least 4 members (excludes halogenated alkanes) is 3. The molecule has 1 heteroatoms. The summed E-state index contributed by atoms with van der Waals surface area (Å²) in [5, 5.41) is 0. The second kappa shape index (κ2) is 7.80. The lowest BCUT2D eigenvalue weighted by Crippen LogP contribution is -2.11. The molecule has 1 atom stereocenters. The monoisotopic (exact) mass is 155 g/mol. The van der Waals surface area contributed by atoms with Gasteiger partial charge < -0.3 is 5.73 Å². The Hall–Kier alpha value is -0.300. The van der Waals surface area contributed by atoms with E-state index in [1.165, 1.54) is 32.1 Å². The fourth-order valence-corrected chi connectivity index (χ4v) is 1.17. The van der Waals surface area contributed by atoms with Gasteiger partial charge in [-0.25, -0.2) is 0 Å². The van der Waals surface area contributed by atoms with Gasteiger partial charge in [0.05, 0.1) is 0 Å². The Balaban J connectivity index is 3.14. The summed E-state index contributed by atoms with van der Waals surface area (Å²) in [6.07, 6.45) is 8.52. The van der Waals surface area contributed by atoms with Crippen molar-refractivity contribution in [1.82, 2.24) is 0 Å². The minimum Gasteiger partial charge on any atom is -0.330 e. The van der Waals surface area contributed by atoms with Gasteiger partial charge in [0.1, 0.15) is 0 Å². The molecule has 1 nitrogen and oxygen atoms in total. The topological polar surface area (TPSA) is 26.0 Å². The predicted octanol–water partition coefficient (Wildman–Crippen LogP) is 2.72. The van der Waals surface area contributed by atoms with Crippen LogP contribution >= 0.6 is 0 Å². The maximum Gasteiger partial charge on any atom is -0.00143 e. The number of nitrogens with two attached hydrogens (primary N) is 1. The van der Waals surface area contributed by atoms with Gasteiger partial charge in [-0.1, -0.05) is 38.7 Å². The summed E-state index contributed by atoms with van der Waals surface area (Å²) in [7, 11) is 0. The highest BCUT2D eigenvalue weighted by Gasteiger charge is 1.99. The van der Waals surface area contributed by atoms with Crippen LogP contribution in [0, 0.1) is 5.92 Å². The molecule has 11 heavy (non-hydrogen) atoms. The Morgan fingerprint density at radius 2 is 2.09 bits per heavy atom. The third-order valence-electron chi connectivity index (χ3n) is 2.06. The molecule has 0 fully saturated rings. The molecule has 0 aromatic carbocycles. The molecule has 0 aromatic heterocycles. The van der Waals surface area contributed by atoms with Crippen molar-refractivity contribution in [2.45, 2.75) is 39.0 Å². The van der Waals surface area contributed by atoms with Crippen LogP contribution in [0.15, 0.2) is 12.7 Å². The Bertz CT molecular complexity index is 88.9. The fraction of sp³-hybridized carbons (Fsp3) is 0.800. The lowest BCUT2D eigenvalue weighted by atomic mass is 10.0. The zero-order valence-electron chi connectivity index (χ0n) is 7.68. The van der Waals surface area contributed by atoms with Crippen molar-refractivity contribution in [2.24, 2.45) is 11.7 Å². The standard InChI is InChI=1S/C10H21N/c1-3-5-6-7-8-10(4-2)9-11/h4,10H,2-3,5-9,11H2,1H3. The van der Waals surface area contributed by atoms with Gasteiger partial charge in [-0.05, 0) is 18.9 Å². The highest BCUT2D eigenvalue weighted by molar-refractivity contribution is 4.79. The second-order valence-electron chi connectivity index (χ2n) is 3.08. The van der Waals surface area contributed by atoms with Gasteiger partial charge in [-0.15, -0.1) is 6.58 Å². The second-order valence-corrected chi connectivity index (χ2v) is 3.08. The molecule has 0 heterocycles. The molecule has 2 N–H and O–H groups in total. The molecular formula is C10H21N. The average molecular weight is 155 g/mol. The third kappa shape index (κ3) is 6.11. The quantitative estimate of drug-likeness (QED) is 0.444. The van der Waals surface area contributed by atoms with Crippen LogP contribution in [-0.4, -0.2) is 6.54 Å². The minimum absolute atomic E-state index is 0.548. The van der Waals surface area contributed by atoms with Gasteiger partial charge in [0.25, 0.3) is 0 Å². The SMILES string of the molecule is C=CC(CN)CCCCCC. The van der Waals surface area contributed by atoms with Crippen molar-refractivity contribution in [3.8, 4) is 0 Å². The first-order chi connectivity index (χ1) is 5.35. The maximum atomic E-state index is 5.53. The Kier molecular flexibility index (Phi) is 7.59. The molecule has 0 aliphatic rings. The zero-order chi connectivity index (χ0) is 8.53. The van der Waals surface area contributed by atoms with Crippen molar-refractivity contribution in [1.29, 1.82) is 0 Å². The van der Waals surface area contributed by atoms with Crippen LogP contribution < -0.4 is 5.73 Å². The molecule has 0 radical (unpaired) electrons. The lowest BCUT2D eigenvalue weighted by molar-refractivity contribution is 0.538. The van der Waals surface area contributed by atoms with Crippen LogP contribution in [0.2, 0.25) is 0 Å². The molecule has 0 bridgehead atoms. The number of hydrogen-bond donors (Lipinski definition) is 1. The normalized spacial score (nSPS) is 12.9. The minimum atomic E-state index is 0.548. The van der Waals surface area contributed by atoms with Crippen LogP contribution in [-0.2, 0) is 0 Å². The van der Waals surface area contributed by atoms with E-state index in [-0.39, 0.29) is 0 Å². The van der Waals surface area contributed by atoms with E-state index in [1.807, 2.05) is 6.08 Å². The van der Waals surface area contributed by atoms with E-state index in [0.717, 1.165) is 6.54 Å². The molecule has 1 unspecified atom stereocenters. The van der Waals surface area contributed by atoms with Crippen LogP contribution in [0.1, 0.15) is 39.0 Å². The van der Waals surface area contributed by atoms with Crippen LogP contribution in [0.5, 0.6) is 0 Å². The number of rotatable bonds is 7. The molecule has 0 amide bonds. The lowest BCUT2D eigenvalue weighted by Gasteiger charge is -2.07.